The van der Waals surface area contributed by atoms with Gasteiger partial charge in [-0.05, 0) is 43.5 Å². The lowest BCUT2D eigenvalue weighted by atomic mass is 10.1. The van der Waals surface area contributed by atoms with E-state index >= 15 is 0 Å². The van der Waals surface area contributed by atoms with E-state index in [2.05, 4.69) is 20.4 Å². The van der Waals surface area contributed by atoms with Crippen LogP contribution in [0.4, 0.5) is 10.1 Å². The number of rotatable bonds is 7. The summed E-state index contributed by atoms with van der Waals surface area (Å²) >= 11 is 0. The monoisotopic (exact) mass is 354 g/mol. The average Bonchev–Trinajstić information content (AvgIpc) is 2.65. The molecule has 0 atom stereocenters. The molecule has 26 heavy (non-hydrogen) atoms. The molecule has 3 aromatic rings. The normalized spacial score (nSPS) is 11.3. The maximum Gasteiger partial charge on any atom is 0.149 e. The van der Waals surface area contributed by atoms with E-state index < -0.39 is 0 Å². The molecule has 0 saturated carbocycles. The number of nitrogens with one attached hydrogen (secondary N) is 1. The minimum Gasteiger partial charge on any atom is -0.506 e. The fourth-order valence-electron chi connectivity index (χ4n) is 2.75. The number of benzene rings is 1. The van der Waals surface area contributed by atoms with Crippen molar-refractivity contribution in [2.45, 2.75) is 19.3 Å². The van der Waals surface area contributed by atoms with E-state index in [1.807, 2.05) is 12.1 Å². The molecule has 0 bridgehead atoms. The van der Waals surface area contributed by atoms with Crippen LogP contribution in [0, 0.1) is 5.82 Å². The van der Waals surface area contributed by atoms with E-state index in [4.69, 9.17) is 5.21 Å². The van der Waals surface area contributed by atoms with Crippen molar-refractivity contribution in [2.75, 3.05) is 11.9 Å². The smallest absolute Gasteiger partial charge is 0.149 e. The van der Waals surface area contributed by atoms with Crippen molar-refractivity contribution in [3.8, 4) is 5.75 Å². The maximum atomic E-state index is 13.8. The summed E-state index contributed by atoms with van der Waals surface area (Å²) in [6, 6.07) is 10.0. The molecule has 2 aromatic heterocycles. The van der Waals surface area contributed by atoms with Gasteiger partial charge >= 0.3 is 0 Å². The van der Waals surface area contributed by atoms with Crippen molar-refractivity contribution < 1.29 is 14.7 Å². The van der Waals surface area contributed by atoms with Gasteiger partial charge in [0.05, 0.1) is 6.21 Å². The Balaban J connectivity index is 1.54. The lowest BCUT2D eigenvalue weighted by Gasteiger charge is -2.09. The van der Waals surface area contributed by atoms with Crippen LogP contribution in [-0.2, 0) is 6.42 Å². The SMILES string of the molecule is ON=Cc1nc(CCCCNc2ccnc3c(F)cccc23)ccc1O. The van der Waals surface area contributed by atoms with E-state index in [-0.39, 0.29) is 17.3 Å². The fourth-order valence-corrected chi connectivity index (χ4v) is 2.75. The highest BCUT2D eigenvalue weighted by Crippen LogP contribution is 2.23. The Bertz CT molecular complexity index is 931. The van der Waals surface area contributed by atoms with Gasteiger partial charge in [0.25, 0.3) is 0 Å². The summed E-state index contributed by atoms with van der Waals surface area (Å²) in [6.07, 6.45) is 5.22. The molecule has 3 N–H and O–H groups in total. The molecule has 7 heteroatoms. The third-order valence-electron chi connectivity index (χ3n) is 4.04. The van der Waals surface area contributed by atoms with Crippen LogP contribution < -0.4 is 5.32 Å². The molecule has 0 aliphatic carbocycles. The van der Waals surface area contributed by atoms with Gasteiger partial charge < -0.3 is 15.6 Å². The molecular weight excluding hydrogens is 335 g/mol. The number of pyridine rings is 2. The number of anilines is 1. The summed E-state index contributed by atoms with van der Waals surface area (Å²) in [5.74, 6) is -0.350. The zero-order valence-electron chi connectivity index (χ0n) is 14.1. The number of aryl methyl sites for hydroxylation is 1. The molecule has 2 heterocycles. The molecule has 134 valence electrons. The summed E-state index contributed by atoms with van der Waals surface area (Å²) in [5, 5.41) is 25.1. The third kappa shape index (κ3) is 4.05. The molecule has 3 rings (SSSR count). The second-order valence-electron chi connectivity index (χ2n) is 5.83. The van der Waals surface area contributed by atoms with Crippen molar-refractivity contribution in [2.24, 2.45) is 5.16 Å². The van der Waals surface area contributed by atoms with E-state index in [9.17, 15) is 9.50 Å². The largest absolute Gasteiger partial charge is 0.506 e. The number of unbranched alkanes of at least 4 members (excludes halogenated alkanes) is 1. The molecular formula is C19H19FN4O2. The Morgan fingerprint density at radius 2 is 2.04 bits per heavy atom. The average molecular weight is 354 g/mol. The van der Waals surface area contributed by atoms with Crippen LogP contribution in [0.3, 0.4) is 0 Å². The maximum absolute atomic E-state index is 13.8. The molecule has 0 aliphatic heterocycles. The van der Waals surface area contributed by atoms with Crippen molar-refractivity contribution in [3.63, 3.8) is 0 Å². The summed E-state index contributed by atoms with van der Waals surface area (Å²) in [7, 11) is 0. The van der Waals surface area contributed by atoms with Crippen molar-refractivity contribution in [1.29, 1.82) is 0 Å². The molecule has 0 amide bonds. The Morgan fingerprint density at radius 1 is 1.15 bits per heavy atom. The number of halogens is 1. The van der Waals surface area contributed by atoms with E-state index in [1.165, 1.54) is 12.1 Å². The van der Waals surface area contributed by atoms with Gasteiger partial charge in [0.2, 0.25) is 0 Å². The summed E-state index contributed by atoms with van der Waals surface area (Å²) < 4.78 is 13.8. The summed E-state index contributed by atoms with van der Waals surface area (Å²) in [6.45, 7) is 0.735. The fraction of sp³-hybridized carbons (Fsp3) is 0.211. The number of hydrogen-bond donors (Lipinski definition) is 3. The predicted molar refractivity (Wildman–Crippen MR) is 98.4 cm³/mol. The first-order chi connectivity index (χ1) is 12.7. The van der Waals surface area contributed by atoms with Crippen LogP contribution in [0.2, 0.25) is 0 Å². The molecule has 0 spiro atoms. The third-order valence-corrected chi connectivity index (χ3v) is 4.04. The second kappa shape index (κ2) is 8.24. The first-order valence-corrected chi connectivity index (χ1v) is 8.32. The number of fused-ring (bicyclic) bond motifs is 1. The van der Waals surface area contributed by atoms with Crippen LogP contribution in [0.15, 0.2) is 47.8 Å². The quantitative estimate of drug-likeness (QED) is 0.260. The van der Waals surface area contributed by atoms with Crippen LogP contribution >= 0.6 is 0 Å². The van der Waals surface area contributed by atoms with Crippen molar-refractivity contribution in [3.05, 3.63) is 59.8 Å². The lowest BCUT2D eigenvalue weighted by molar-refractivity contribution is 0.321. The Morgan fingerprint density at radius 3 is 2.88 bits per heavy atom. The van der Waals surface area contributed by atoms with Gasteiger partial charge in [-0.1, -0.05) is 17.3 Å². The van der Waals surface area contributed by atoms with Crippen LogP contribution in [0.1, 0.15) is 24.2 Å². The number of hydrogen-bond acceptors (Lipinski definition) is 6. The van der Waals surface area contributed by atoms with Crippen LogP contribution in [0.25, 0.3) is 10.9 Å². The van der Waals surface area contributed by atoms with Gasteiger partial charge in [0.1, 0.15) is 22.8 Å². The highest BCUT2D eigenvalue weighted by Gasteiger charge is 2.06. The molecule has 0 radical (unpaired) electrons. The topological polar surface area (TPSA) is 90.6 Å². The summed E-state index contributed by atoms with van der Waals surface area (Å²) in [4.78, 5) is 8.32. The predicted octanol–water partition coefficient (Wildman–Crippen LogP) is 3.72. The number of aromatic nitrogens is 2. The van der Waals surface area contributed by atoms with Crippen molar-refractivity contribution >= 4 is 22.8 Å². The van der Waals surface area contributed by atoms with Gasteiger partial charge in [-0.2, -0.15) is 0 Å². The molecule has 0 saturated heterocycles. The molecule has 0 aliphatic rings. The zero-order valence-corrected chi connectivity index (χ0v) is 14.1. The Kier molecular flexibility index (Phi) is 5.58. The van der Waals surface area contributed by atoms with Crippen LogP contribution in [0.5, 0.6) is 5.75 Å². The first-order valence-electron chi connectivity index (χ1n) is 8.32. The number of para-hydroxylation sites is 1. The highest BCUT2D eigenvalue weighted by atomic mass is 19.1. The van der Waals surface area contributed by atoms with Gasteiger partial charge in [-0.25, -0.2) is 9.37 Å². The van der Waals surface area contributed by atoms with Crippen LogP contribution in [-0.4, -0.2) is 33.0 Å². The number of nitrogens with zero attached hydrogens (tertiary/aromatic N) is 3. The van der Waals surface area contributed by atoms with Crippen molar-refractivity contribution in [1.82, 2.24) is 9.97 Å². The minimum atomic E-state index is -0.327. The van der Waals surface area contributed by atoms with E-state index in [0.29, 0.717) is 5.52 Å². The van der Waals surface area contributed by atoms with Gasteiger partial charge in [-0.15, -0.1) is 0 Å². The second-order valence-corrected chi connectivity index (χ2v) is 5.83. The Labute approximate surface area is 150 Å². The zero-order chi connectivity index (χ0) is 18.4. The van der Waals surface area contributed by atoms with Gasteiger partial charge in [-0.3, -0.25) is 4.98 Å². The highest BCUT2D eigenvalue weighted by molar-refractivity contribution is 5.91. The Hall–Kier alpha value is -3.22. The van der Waals surface area contributed by atoms with Gasteiger partial charge in [0.15, 0.2) is 0 Å². The molecule has 0 fully saturated rings. The molecule has 6 nitrogen and oxygen atoms in total. The molecule has 1 aromatic carbocycles. The summed E-state index contributed by atoms with van der Waals surface area (Å²) in [5.41, 5.74) is 2.28. The number of oxime groups is 1. The standard InChI is InChI=1S/C19H19FN4O2/c20-15-6-3-5-14-16(9-11-22-19(14)15)21-10-2-1-4-13-7-8-18(25)17(24-13)12-23-26/h3,5-9,11-12,25-26H,1-2,4,10H2,(H,21,22). The van der Waals surface area contributed by atoms with Gasteiger partial charge in [0, 0.05) is 29.5 Å². The van der Waals surface area contributed by atoms with E-state index in [0.717, 1.165) is 48.8 Å². The number of aromatic hydroxyl groups is 1. The minimum absolute atomic E-state index is 0.0231. The molecule has 0 unspecified atom stereocenters. The first kappa shape index (κ1) is 17.6. The van der Waals surface area contributed by atoms with E-state index in [1.54, 1.807) is 18.3 Å². The lowest BCUT2D eigenvalue weighted by Crippen LogP contribution is -2.04.